The number of hydrogen-bond acceptors (Lipinski definition) is 4. The molecule has 0 saturated heterocycles. The molecule has 1 unspecified atom stereocenters. The lowest BCUT2D eigenvalue weighted by atomic mass is 10.1. The van der Waals surface area contributed by atoms with Gasteiger partial charge in [-0.05, 0) is 37.0 Å². The van der Waals surface area contributed by atoms with Crippen LogP contribution in [0.25, 0.3) is 0 Å². The van der Waals surface area contributed by atoms with E-state index in [0.717, 1.165) is 37.0 Å². The molecule has 0 amide bonds. The maximum atomic E-state index is 10.4. The summed E-state index contributed by atoms with van der Waals surface area (Å²) in [5, 5.41) is 17.0. The summed E-state index contributed by atoms with van der Waals surface area (Å²) in [4.78, 5) is 4.49. The molecule has 0 bridgehead atoms. The van der Waals surface area contributed by atoms with Gasteiger partial charge in [0.1, 0.15) is 0 Å². The zero-order chi connectivity index (χ0) is 19.4. The van der Waals surface area contributed by atoms with Crippen LogP contribution >= 0.6 is 24.0 Å². The zero-order valence-corrected chi connectivity index (χ0v) is 19.6. The van der Waals surface area contributed by atoms with E-state index in [1.54, 1.807) is 26.4 Å². The van der Waals surface area contributed by atoms with Crippen molar-refractivity contribution in [3.05, 3.63) is 23.8 Å². The van der Waals surface area contributed by atoms with Gasteiger partial charge in [0.15, 0.2) is 17.5 Å². The summed E-state index contributed by atoms with van der Waals surface area (Å²) in [6.07, 6.45) is 2.86. The smallest absolute Gasteiger partial charge is 0.191 e. The van der Waals surface area contributed by atoms with E-state index in [9.17, 15) is 5.11 Å². The van der Waals surface area contributed by atoms with Crippen LogP contribution in [0.3, 0.4) is 0 Å². The topological polar surface area (TPSA) is 75.1 Å². The Morgan fingerprint density at radius 1 is 1.11 bits per heavy atom. The average Bonchev–Trinajstić information content (AvgIpc) is 2.64. The molecule has 7 heteroatoms. The Kier molecular flexibility index (Phi) is 14.1. The van der Waals surface area contributed by atoms with Gasteiger partial charge in [0.05, 0.1) is 26.9 Å². The predicted molar refractivity (Wildman–Crippen MR) is 123 cm³/mol. The summed E-state index contributed by atoms with van der Waals surface area (Å²) in [5.74, 6) is 2.72. The van der Waals surface area contributed by atoms with Crippen molar-refractivity contribution in [2.24, 2.45) is 10.9 Å². The fourth-order valence-electron chi connectivity index (χ4n) is 2.57. The Morgan fingerprint density at radius 2 is 1.81 bits per heavy atom. The molecule has 1 aromatic rings. The summed E-state index contributed by atoms with van der Waals surface area (Å²) < 4.78 is 10.5. The van der Waals surface area contributed by atoms with E-state index in [-0.39, 0.29) is 30.5 Å². The molecule has 0 spiro atoms. The van der Waals surface area contributed by atoms with E-state index in [1.807, 2.05) is 13.0 Å². The number of rotatable bonds is 11. The van der Waals surface area contributed by atoms with E-state index in [0.29, 0.717) is 11.5 Å². The Labute approximate surface area is 181 Å². The van der Waals surface area contributed by atoms with Crippen LogP contribution in [-0.2, 0) is 0 Å². The Bertz CT molecular complexity index is 553. The number of methoxy groups -OCH3 is 2. The van der Waals surface area contributed by atoms with Crippen molar-refractivity contribution >= 4 is 29.9 Å². The molecule has 6 nitrogen and oxygen atoms in total. The second kappa shape index (κ2) is 14.8. The molecule has 1 rings (SSSR count). The van der Waals surface area contributed by atoms with Gasteiger partial charge in [-0.15, -0.1) is 24.0 Å². The number of nitrogens with zero attached hydrogens (tertiary/aromatic N) is 1. The Morgan fingerprint density at radius 3 is 2.41 bits per heavy atom. The van der Waals surface area contributed by atoms with Gasteiger partial charge in [-0.3, -0.25) is 4.99 Å². The van der Waals surface area contributed by atoms with Crippen LogP contribution in [0.4, 0.5) is 0 Å². The van der Waals surface area contributed by atoms with Crippen LogP contribution in [0.5, 0.6) is 11.5 Å². The molecule has 1 atom stereocenters. The number of aliphatic hydroxyl groups excluding tert-OH is 1. The molecule has 0 fully saturated rings. The lowest BCUT2D eigenvalue weighted by Gasteiger charge is -2.15. The van der Waals surface area contributed by atoms with Crippen LogP contribution in [0, 0.1) is 5.92 Å². The van der Waals surface area contributed by atoms with Crippen molar-refractivity contribution in [1.29, 1.82) is 0 Å². The Hall–Kier alpha value is -1.22. The van der Waals surface area contributed by atoms with Gasteiger partial charge in [0.2, 0.25) is 0 Å². The van der Waals surface area contributed by atoms with E-state index >= 15 is 0 Å². The third kappa shape index (κ3) is 10.0. The van der Waals surface area contributed by atoms with Gasteiger partial charge in [-0.1, -0.05) is 32.8 Å². The molecule has 0 radical (unpaired) electrons. The number of benzene rings is 1. The first kappa shape index (κ1) is 25.8. The second-order valence-corrected chi connectivity index (χ2v) is 6.67. The number of aliphatic imine (C=N–C) groups is 1. The first-order valence-corrected chi connectivity index (χ1v) is 9.43. The van der Waals surface area contributed by atoms with Gasteiger partial charge in [0.25, 0.3) is 0 Å². The lowest BCUT2D eigenvalue weighted by molar-refractivity contribution is 0.186. The lowest BCUT2D eigenvalue weighted by Crippen LogP contribution is -2.38. The Balaban J connectivity index is 0.00000676. The summed E-state index contributed by atoms with van der Waals surface area (Å²) >= 11 is 0. The monoisotopic (exact) mass is 493 g/mol. The number of ether oxygens (including phenoxy) is 2. The van der Waals surface area contributed by atoms with Gasteiger partial charge in [0, 0.05) is 13.1 Å². The fourth-order valence-corrected chi connectivity index (χ4v) is 2.57. The van der Waals surface area contributed by atoms with Crippen molar-refractivity contribution in [2.75, 3.05) is 33.9 Å². The largest absolute Gasteiger partial charge is 0.493 e. The SMILES string of the molecule is CCNC(=NCC(O)c1ccc(OC)c(OC)c1)NCCCCC(C)C.I. The summed E-state index contributed by atoms with van der Waals surface area (Å²) in [7, 11) is 3.17. The van der Waals surface area contributed by atoms with Gasteiger partial charge >= 0.3 is 0 Å². The minimum atomic E-state index is -0.703. The van der Waals surface area contributed by atoms with Crippen molar-refractivity contribution in [2.45, 2.75) is 46.1 Å². The zero-order valence-electron chi connectivity index (χ0n) is 17.2. The molecule has 0 heterocycles. The van der Waals surface area contributed by atoms with E-state index in [4.69, 9.17) is 9.47 Å². The van der Waals surface area contributed by atoms with Gasteiger partial charge in [-0.25, -0.2) is 0 Å². The average molecular weight is 493 g/mol. The molecule has 0 saturated carbocycles. The molecule has 0 aromatic heterocycles. The van der Waals surface area contributed by atoms with Crippen LogP contribution in [0.15, 0.2) is 23.2 Å². The molecule has 1 aromatic carbocycles. The maximum absolute atomic E-state index is 10.4. The minimum absolute atomic E-state index is 0. The van der Waals surface area contributed by atoms with Crippen LogP contribution < -0.4 is 20.1 Å². The molecule has 156 valence electrons. The number of unbranched alkanes of at least 4 members (excludes halogenated alkanes) is 1. The molecule has 0 aliphatic heterocycles. The number of halogens is 1. The molecule has 27 heavy (non-hydrogen) atoms. The standard InChI is InChI=1S/C20H35N3O3.HI/c1-6-21-20(22-12-8-7-9-15(2)3)23-14-17(24)16-10-11-18(25-4)19(13-16)26-5;/h10-11,13,15,17,24H,6-9,12,14H2,1-5H3,(H2,21,22,23);1H. The quantitative estimate of drug-likeness (QED) is 0.190. The molecular weight excluding hydrogens is 457 g/mol. The summed E-state index contributed by atoms with van der Waals surface area (Å²) in [6.45, 7) is 8.45. The molecule has 3 N–H and O–H groups in total. The van der Waals surface area contributed by atoms with E-state index < -0.39 is 6.10 Å². The highest BCUT2D eigenvalue weighted by Crippen LogP contribution is 2.29. The minimum Gasteiger partial charge on any atom is -0.493 e. The normalized spacial score (nSPS) is 12.3. The first-order valence-electron chi connectivity index (χ1n) is 9.43. The van der Waals surface area contributed by atoms with E-state index in [2.05, 4.69) is 29.5 Å². The number of nitrogens with one attached hydrogen (secondary N) is 2. The first-order chi connectivity index (χ1) is 12.5. The van der Waals surface area contributed by atoms with E-state index in [1.165, 1.54) is 12.8 Å². The highest BCUT2D eigenvalue weighted by Gasteiger charge is 2.12. The molecule has 0 aliphatic carbocycles. The summed E-state index contributed by atoms with van der Waals surface area (Å²) in [5.41, 5.74) is 0.749. The second-order valence-electron chi connectivity index (χ2n) is 6.67. The van der Waals surface area contributed by atoms with Crippen molar-refractivity contribution in [3.8, 4) is 11.5 Å². The number of hydrogen-bond donors (Lipinski definition) is 3. The van der Waals surface area contributed by atoms with Crippen molar-refractivity contribution < 1.29 is 14.6 Å². The van der Waals surface area contributed by atoms with Crippen molar-refractivity contribution in [3.63, 3.8) is 0 Å². The highest BCUT2D eigenvalue weighted by molar-refractivity contribution is 14.0. The third-order valence-corrected chi connectivity index (χ3v) is 4.06. The van der Waals surface area contributed by atoms with Crippen LogP contribution in [0.2, 0.25) is 0 Å². The fraction of sp³-hybridized carbons (Fsp3) is 0.650. The number of aliphatic hydroxyl groups is 1. The van der Waals surface area contributed by atoms with Crippen LogP contribution in [0.1, 0.15) is 51.7 Å². The number of guanidine groups is 1. The maximum Gasteiger partial charge on any atom is 0.191 e. The molecular formula is C20H36IN3O3. The predicted octanol–water partition coefficient (Wildman–Crippen LogP) is 3.74. The van der Waals surface area contributed by atoms with Crippen molar-refractivity contribution in [1.82, 2.24) is 10.6 Å². The van der Waals surface area contributed by atoms with Gasteiger partial charge in [-0.2, -0.15) is 0 Å². The molecule has 0 aliphatic rings. The highest BCUT2D eigenvalue weighted by atomic mass is 127. The summed E-state index contributed by atoms with van der Waals surface area (Å²) in [6, 6.07) is 5.40. The van der Waals surface area contributed by atoms with Crippen LogP contribution in [-0.4, -0.2) is 44.9 Å². The third-order valence-electron chi connectivity index (χ3n) is 4.06. The van der Waals surface area contributed by atoms with Gasteiger partial charge < -0.3 is 25.2 Å².